The van der Waals surface area contributed by atoms with Crippen LogP contribution in [0.15, 0.2) is 35.9 Å². The summed E-state index contributed by atoms with van der Waals surface area (Å²) >= 11 is 5.84. The van der Waals surface area contributed by atoms with Gasteiger partial charge in [-0.3, -0.25) is 4.79 Å². The second kappa shape index (κ2) is 8.08. The number of carbonyl (C=O) groups is 1. The molecular weight excluding hydrogens is 286 g/mol. The molecule has 1 aromatic carbocycles. The molecule has 0 radical (unpaired) electrons. The molecule has 0 unspecified atom stereocenters. The number of hydrogen-bond acceptors (Lipinski definition) is 2. The van der Waals surface area contributed by atoms with Gasteiger partial charge in [-0.1, -0.05) is 30.2 Å². The van der Waals surface area contributed by atoms with Gasteiger partial charge in [-0.15, -0.1) is 0 Å². The van der Waals surface area contributed by atoms with Crippen LogP contribution in [0.4, 0.5) is 0 Å². The van der Waals surface area contributed by atoms with E-state index in [4.69, 9.17) is 16.3 Å². The second-order valence-corrected chi connectivity index (χ2v) is 5.73. The van der Waals surface area contributed by atoms with Crippen molar-refractivity contribution in [3.8, 4) is 5.75 Å². The fourth-order valence-corrected chi connectivity index (χ4v) is 2.51. The van der Waals surface area contributed by atoms with E-state index < -0.39 is 6.10 Å². The molecule has 0 fully saturated rings. The third-order valence-electron chi connectivity index (χ3n) is 3.63. The molecule has 0 bridgehead atoms. The van der Waals surface area contributed by atoms with E-state index in [0.717, 1.165) is 12.8 Å². The molecule has 1 aliphatic carbocycles. The van der Waals surface area contributed by atoms with Crippen molar-refractivity contribution in [3.63, 3.8) is 0 Å². The summed E-state index contributed by atoms with van der Waals surface area (Å²) in [6.45, 7) is 2.58. The van der Waals surface area contributed by atoms with Gasteiger partial charge in [-0.05, 0) is 56.4 Å². The maximum absolute atomic E-state index is 12.2. The summed E-state index contributed by atoms with van der Waals surface area (Å²) in [7, 11) is 0. The van der Waals surface area contributed by atoms with Gasteiger partial charge < -0.3 is 10.1 Å². The molecule has 0 heterocycles. The van der Waals surface area contributed by atoms with Crippen LogP contribution >= 0.6 is 11.6 Å². The Kier molecular flexibility index (Phi) is 6.12. The Bertz CT molecular complexity index is 496. The highest BCUT2D eigenvalue weighted by atomic mass is 35.5. The normalized spacial score (nSPS) is 16.0. The molecule has 0 spiro atoms. The standard InChI is InChI=1S/C17H22ClNO2/c1-2-16(21-15-10-8-14(18)9-11-15)17(20)19-12-13-6-4-3-5-7-13/h6,8-11,16H,2-5,7,12H2,1H3,(H,19,20)/t16-/m0/s1. The van der Waals surface area contributed by atoms with Crippen molar-refractivity contribution in [2.45, 2.75) is 45.1 Å². The highest BCUT2D eigenvalue weighted by Gasteiger charge is 2.18. The molecule has 2 rings (SSSR count). The number of halogens is 1. The topological polar surface area (TPSA) is 38.3 Å². The monoisotopic (exact) mass is 307 g/mol. The molecular formula is C17H22ClNO2. The SMILES string of the molecule is CC[C@H](Oc1ccc(Cl)cc1)C(=O)NCC1=CCCCC1. The van der Waals surface area contributed by atoms with Crippen molar-refractivity contribution in [2.75, 3.05) is 6.54 Å². The van der Waals surface area contributed by atoms with Crippen molar-refractivity contribution in [1.29, 1.82) is 0 Å². The molecule has 0 saturated heterocycles. The van der Waals surface area contributed by atoms with Gasteiger partial charge in [-0.25, -0.2) is 0 Å². The molecule has 3 nitrogen and oxygen atoms in total. The zero-order chi connectivity index (χ0) is 15.1. The number of allylic oxidation sites excluding steroid dienone is 1. The Balaban J connectivity index is 1.86. The number of benzene rings is 1. The van der Waals surface area contributed by atoms with Gasteiger partial charge in [0.1, 0.15) is 5.75 Å². The second-order valence-electron chi connectivity index (χ2n) is 5.29. The quantitative estimate of drug-likeness (QED) is 0.803. The van der Waals surface area contributed by atoms with E-state index in [2.05, 4.69) is 11.4 Å². The molecule has 1 aromatic rings. The lowest BCUT2D eigenvalue weighted by molar-refractivity contribution is -0.127. The number of amides is 1. The summed E-state index contributed by atoms with van der Waals surface area (Å²) in [5.41, 5.74) is 1.33. The zero-order valence-corrected chi connectivity index (χ0v) is 13.2. The molecule has 0 saturated carbocycles. The van der Waals surface area contributed by atoms with Crippen LogP contribution in [0.5, 0.6) is 5.75 Å². The predicted octanol–water partition coefficient (Wildman–Crippen LogP) is 4.11. The smallest absolute Gasteiger partial charge is 0.261 e. The van der Waals surface area contributed by atoms with Gasteiger partial charge in [-0.2, -0.15) is 0 Å². The third kappa shape index (κ3) is 5.09. The van der Waals surface area contributed by atoms with Crippen LogP contribution in [0, 0.1) is 0 Å². The number of carbonyl (C=O) groups excluding carboxylic acids is 1. The summed E-state index contributed by atoms with van der Waals surface area (Å²) in [5, 5.41) is 3.63. The van der Waals surface area contributed by atoms with E-state index >= 15 is 0 Å². The Morgan fingerprint density at radius 2 is 2.10 bits per heavy atom. The molecule has 0 aromatic heterocycles. The lowest BCUT2D eigenvalue weighted by Gasteiger charge is -2.19. The predicted molar refractivity (Wildman–Crippen MR) is 85.7 cm³/mol. The number of ether oxygens (including phenoxy) is 1. The summed E-state index contributed by atoms with van der Waals surface area (Å²) in [6, 6.07) is 7.08. The van der Waals surface area contributed by atoms with E-state index in [1.165, 1.54) is 18.4 Å². The van der Waals surface area contributed by atoms with Gasteiger partial charge in [0.2, 0.25) is 0 Å². The van der Waals surface area contributed by atoms with Crippen LogP contribution in [-0.4, -0.2) is 18.6 Å². The lowest BCUT2D eigenvalue weighted by atomic mass is 10.00. The molecule has 1 N–H and O–H groups in total. The van der Waals surface area contributed by atoms with Crippen LogP contribution < -0.4 is 10.1 Å². The largest absolute Gasteiger partial charge is 0.481 e. The molecule has 1 aliphatic rings. The Hall–Kier alpha value is -1.48. The van der Waals surface area contributed by atoms with Gasteiger partial charge in [0, 0.05) is 11.6 Å². The fraction of sp³-hybridized carbons (Fsp3) is 0.471. The van der Waals surface area contributed by atoms with E-state index in [9.17, 15) is 4.79 Å². The minimum absolute atomic E-state index is 0.0566. The van der Waals surface area contributed by atoms with E-state index in [-0.39, 0.29) is 5.91 Å². The third-order valence-corrected chi connectivity index (χ3v) is 3.88. The van der Waals surface area contributed by atoms with Crippen molar-refractivity contribution >= 4 is 17.5 Å². The summed E-state index contributed by atoms with van der Waals surface area (Å²) in [6.07, 6.45) is 7.11. The number of nitrogens with one attached hydrogen (secondary N) is 1. The molecule has 114 valence electrons. The average molecular weight is 308 g/mol. The zero-order valence-electron chi connectivity index (χ0n) is 12.4. The van der Waals surface area contributed by atoms with Crippen molar-refractivity contribution in [2.24, 2.45) is 0 Å². The average Bonchev–Trinajstić information content (AvgIpc) is 2.53. The van der Waals surface area contributed by atoms with Crippen LogP contribution in [0.1, 0.15) is 39.0 Å². The van der Waals surface area contributed by atoms with Crippen molar-refractivity contribution < 1.29 is 9.53 Å². The van der Waals surface area contributed by atoms with Gasteiger partial charge >= 0.3 is 0 Å². The van der Waals surface area contributed by atoms with Crippen LogP contribution in [0.3, 0.4) is 0 Å². The van der Waals surface area contributed by atoms with Crippen molar-refractivity contribution in [3.05, 3.63) is 40.9 Å². The molecule has 1 atom stereocenters. The van der Waals surface area contributed by atoms with Gasteiger partial charge in [0.05, 0.1) is 0 Å². The van der Waals surface area contributed by atoms with Gasteiger partial charge in [0.25, 0.3) is 5.91 Å². The Morgan fingerprint density at radius 3 is 2.71 bits per heavy atom. The number of rotatable bonds is 6. The first kappa shape index (κ1) is 15.9. The van der Waals surface area contributed by atoms with E-state index in [1.54, 1.807) is 24.3 Å². The molecule has 21 heavy (non-hydrogen) atoms. The molecule has 1 amide bonds. The molecule has 0 aliphatic heterocycles. The van der Waals surface area contributed by atoms with Gasteiger partial charge in [0.15, 0.2) is 6.10 Å². The Morgan fingerprint density at radius 1 is 1.33 bits per heavy atom. The minimum atomic E-state index is -0.463. The first-order valence-corrected chi connectivity index (χ1v) is 7.94. The molecule has 4 heteroatoms. The highest BCUT2D eigenvalue weighted by Crippen LogP contribution is 2.18. The minimum Gasteiger partial charge on any atom is -0.481 e. The van der Waals surface area contributed by atoms with E-state index in [0.29, 0.717) is 23.7 Å². The fourth-order valence-electron chi connectivity index (χ4n) is 2.38. The van der Waals surface area contributed by atoms with Crippen molar-refractivity contribution in [1.82, 2.24) is 5.32 Å². The summed E-state index contributed by atoms with van der Waals surface area (Å²) in [5.74, 6) is 0.609. The maximum Gasteiger partial charge on any atom is 0.261 e. The van der Waals surface area contributed by atoms with Crippen LogP contribution in [-0.2, 0) is 4.79 Å². The van der Waals surface area contributed by atoms with Crippen LogP contribution in [0.25, 0.3) is 0 Å². The lowest BCUT2D eigenvalue weighted by Crippen LogP contribution is -2.39. The summed E-state index contributed by atoms with van der Waals surface area (Å²) < 4.78 is 5.73. The summed E-state index contributed by atoms with van der Waals surface area (Å²) in [4.78, 5) is 12.2. The van der Waals surface area contributed by atoms with E-state index in [1.807, 2.05) is 6.92 Å². The maximum atomic E-state index is 12.2. The highest BCUT2D eigenvalue weighted by molar-refractivity contribution is 6.30. The Labute approximate surface area is 131 Å². The van der Waals surface area contributed by atoms with Crippen LogP contribution in [0.2, 0.25) is 5.02 Å². The first-order chi connectivity index (χ1) is 10.2. The first-order valence-electron chi connectivity index (χ1n) is 7.57. The number of hydrogen-bond donors (Lipinski definition) is 1.